The van der Waals surface area contributed by atoms with Crippen molar-refractivity contribution in [2.45, 2.75) is 25.3 Å². The molecule has 1 aliphatic rings. The summed E-state index contributed by atoms with van der Waals surface area (Å²) in [6.07, 6.45) is 0.643. The van der Waals surface area contributed by atoms with Crippen molar-refractivity contribution in [3.63, 3.8) is 0 Å². The smallest absolute Gasteiger partial charge is 0.270 e. The molecule has 3 rings (SSSR count). The predicted molar refractivity (Wildman–Crippen MR) is 95.7 cm³/mol. The van der Waals surface area contributed by atoms with Gasteiger partial charge in [-0.2, -0.15) is 0 Å². The van der Waals surface area contributed by atoms with Crippen LogP contribution in [0.15, 0.2) is 36.4 Å². The van der Waals surface area contributed by atoms with Gasteiger partial charge < -0.3 is 10.6 Å². The minimum absolute atomic E-state index is 0.154. The van der Waals surface area contributed by atoms with Crippen LogP contribution in [-0.4, -0.2) is 30.0 Å². The maximum absolute atomic E-state index is 13.6. The largest absolute Gasteiger partial charge is 0.347 e. The van der Waals surface area contributed by atoms with Gasteiger partial charge in [0.1, 0.15) is 0 Å². The number of piperidine rings is 1. The van der Waals surface area contributed by atoms with Gasteiger partial charge >= 0.3 is 0 Å². The number of nitrogens with zero attached hydrogens (tertiary/aromatic N) is 1. The number of benzene rings is 2. The van der Waals surface area contributed by atoms with Gasteiger partial charge in [0, 0.05) is 36.2 Å². The first kappa shape index (κ1) is 18.9. The number of nitrogens with one attached hydrogen (secondary N) is 2. The number of carbonyl (C=O) groups is 1. The molecule has 0 saturated carbocycles. The molecule has 8 heteroatoms. The van der Waals surface area contributed by atoms with Crippen LogP contribution >= 0.6 is 0 Å². The Kier molecular flexibility index (Phi) is 5.46. The summed E-state index contributed by atoms with van der Waals surface area (Å²) < 4.78 is 26.8. The number of hydrogen-bond donors (Lipinski definition) is 2. The summed E-state index contributed by atoms with van der Waals surface area (Å²) in [5, 5.41) is 17.1. The first-order valence-electron chi connectivity index (χ1n) is 8.58. The first-order valence-corrected chi connectivity index (χ1v) is 8.58. The van der Waals surface area contributed by atoms with Crippen LogP contribution in [0.5, 0.6) is 0 Å². The third-order valence-electron chi connectivity index (χ3n) is 4.71. The number of aryl methyl sites for hydroxylation is 1. The average Bonchev–Trinajstić information content (AvgIpc) is 2.64. The molecule has 27 heavy (non-hydrogen) atoms. The highest BCUT2D eigenvalue weighted by Crippen LogP contribution is 2.27. The van der Waals surface area contributed by atoms with Gasteiger partial charge in [-0.05, 0) is 49.2 Å². The number of non-ortho nitro benzene ring substituents is 1. The van der Waals surface area contributed by atoms with E-state index in [9.17, 15) is 23.7 Å². The number of halogens is 2. The highest BCUT2D eigenvalue weighted by Gasteiger charge is 2.29. The lowest BCUT2D eigenvalue weighted by molar-refractivity contribution is -0.384. The fourth-order valence-electron chi connectivity index (χ4n) is 3.40. The Labute approximate surface area is 154 Å². The molecule has 1 aliphatic heterocycles. The zero-order chi connectivity index (χ0) is 19.6. The molecule has 1 heterocycles. The fraction of sp³-hybridized carbons (Fsp3) is 0.316. The second kappa shape index (κ2) is 7.79. The number of nitro benzene ring substituents is 1. The van der Waals surface area contributed by atoms with Gasteiger partial charge in [-0.25, -0.2) is 8.78 Å². The lowest BCUT2D eigenvalue weighted by atomic mass is 9.85. The molecule has 2 atom stereocenters. The van der Waals surface area contributed by atoms with Crippen LogP contribution in [0.25, 0.3) is 0 Å². The zero-order valence-electron chi connectivity index (χ0n) is 14.7. The van der Waals surface area contributed by atoms with Crippen molar-refractivity contribution in [3.8, 4) is 0 Å². The fourth-order valence-corrected chi connectivity index (χ4v) is 3.40. The molecule has 2 aromatic rings. The van der Waals surface area contributed by atoms with Gasteiger partial charge in [0.05, 0.1) is 4.92 Å². The van der Waals surface area contributed by atoms with E-state index in [0.29, 0.717) is 30.6 Å². The standard InChI is InChI=1S/C19H19F2N3O3/c1-11-6-13(8-14(7-11)24(26)27)19(25)23-18-10-22-5-4-15(18)12-2-3-16(20)17(21)9-12/h2-3,6-9,15,18,22H,4-5,10H2,1H3,(H,23,25). The van der Waals surface area contributed by atoms with E-state index in [4.69, 9.17) is 0 Å². The number of amides is 1. The van der Waals surface area contributed by atoms with Gasteiger partial charge in [-0.1, -0.05) is 6.07 Å². The van der Waals surface area contributed by atoms with Crippen LogP contribution < -0.4 is 10.6 Å². The van der Waals surface area contributed by atoms with E-state index in [-0.39, 0.29) is 23.2 Å². The van der Waals surface area contributed by atoms with Crippen molar-refractivity contribution in [1.82, 2.24) is 10.6 Å². The molecular weight excluding hydrogens is 356 g/mol. The molecule has 6 nitrogen and oxygen atoms in total. The van der Waals surface area contributed by atoms with Gasteiger partial charge in [0.2, 0.25) is 0 Å². The van der Waals surface area contributed by atoms with Crippen LogP contribution in [0.4, 0.5) is 14.5 Å². The third-order valence-corrected chi connectivity index (χ3v) is 4.71. The van der Waals surface area contributed by atoms with Gasteiger partial charge in [0.15, 0.2) is 11.6 Å². The molecule has 0 radical (unpaired) electrons. The summed E-state index contributed by atoms with van der Waals surface area (Å²) in [7, 11) is 0. The van der Waals surface area contributed by atoms with Crippen LogP contribution in [0.2, 0.25) is 0 Å². The molecule has 0 aliphatic carbocycles. The lowest BCUT2D eigenvalue weighted by Crippen LogP contribution is -2.50. The van der Waals surface area contributed by atoms with E-state index in [1.54, 1.807) is 13.0 Å². The molecule has 1 amide bonds. The van der Waals surface area contributed by atoms with E-state index in [2.05, 4.69) is 10.6 Å². The number of hydrogen-bond acceptors (Lipinski definition) is 4. The number of nitro groups is 1. The van der Waals surface area contributed by atoms with Crippen molar-refractivity contribution < 1.29 is 18.5 Å². The highest BCUT2D eigenvalue weighted by molar-refractivity contribution is 5.95. The highest BCUT2D eigenvalue weighted by atomic mass is 19.2. The zero-order valence-corrected chi connectivity index (χ0v) is 14.7. The minimum atomic E-state index is -0.926. The Morgan fingerprint density at radius 2 is 2.00 bits per heavy atom. The first-order chi connectivity index (χ1) is 12.8. The minimum Gasteiger partial charge on any atom is -0.347 e. The van der Waals surface area contributed by atoms with Gasteiger partial charge in [0.25, 0.3) is 11.6 Å². The summed E-state index contributed by atoms with van der Waals surface area (Å²) in [5.74, 6) is -2.47. The van der Waals surface area contributed by atoms with Crippen LogP contribution in [-0.2, 0) is 0 Å². The van der Waals surface area contributed by atoms with E-state index in [0.717, 1.165) is 12.1 Å². The van der Waals surface area contributed by atoms with Crippen LogP contribution in [0, 0.1) is 28.7 Å². The van der Waals surface area contributed by atoms with E-state index < -0.39 is 22.5 Å². The van der Waals surface area contributed by atoms with Gasteiger partial charge in [-0.15, -0.1) is 0 Å². The van der Waals surface area contributed by atoms with Crippen molar-refractivity contribution in [3.05, 3.63) is 74.8 Å². The molecule has 0 bridgehead atoms. The second-order valence-electron chi connectivity index (χ2n) is 6.67. The number of carbonyl (C=O) groups excluding carboxylic acids is 1. The Bertz CT molecular complexity index is 888. The van der Waals surface area contributed by atoms with Crippen molar-refractivity contribution in [2.75, 3.05) is 13.1 Å². The molecular formula is C19H19F2N3O3. The maximum atomic E-state index is 13.6. The molecule has 0 spiro atoms. The van der Waals surface area contributed by atoms with Crippen molar-refractivity contribution in [2.24, 2.45) is 0 Å². The molecule has 142 valence electrons. The van der Waals surface area contributed by atoms with E-state index in [1.807, 2.05) is 0 Å². The third kappa shape index (κ3) is 4.28. The molecule has 1 fully saturated rings. The van der Waals surface area contributed by atoms with E-state index in [1.165, 1.54) is 18.2 Å². The summed E-state index contributed by atoms with van der Waals surface area (Å²) in [5.41, 5.74) is 1.25. The average molecular weight is 375 g/mol. The number of rotatable bonds is 4. The Morgan fingerprint density at radius 1 is 1.22 bits per heavy atom. The maximum Gasteiger partial charge on any atom is 0.270 e. The molecule has 0 aromatic heterocycles. The quantitative estimate of drug-likeness (QED) is 0.635. The second-order valence-corrected chi connectivity index (χ2v) is 6.67. The van der Waals surface area contributed by atoms with Gasteiger partial charge in [-0.3, -0.25) is 14.9 Å². The van der Waals surface area contributed by atoms with Crippen molar-refractivity contribution in [1.29, 1.82) is 0 Å². The summed E-state index contributed by atoms with van der Waals surface area (Å²) in [6.45, 7) is 2.82. The lowest BCUT2D eigenvalue weighted by Gasteiger charge is -2.33. The topological polar surface area (TPSA) is 84.3 Å². The normalized spacial score (nSPS) is 19.5. The monoisotopic (exact) mass is 375 g/mol. The molecule has 1 saturated heterocycles. The van der Waals surface area contributed by atoms with E-state index >= 15 is 0 Å². The summed E-state index contributed by atoms with van der Waals surface area (Å²) >= 11 is 0. The SMILES string of the molecule is Cc1cc(C(=O)NC2CNCCC2c2ccc(F)c(F)c2)cc([N+](=O)[O-])c1. The Morgan fingerprint density at radius 3 is 2.70 bits per heavy atom. The molecule has 2 N–H and O–H groups in total. The molecule has 2 aromatic carbocycles. The molecule has 2 unspecified atom stereocenters. The van der Waals surface area contributed by atoms with Crippen LogP contribution in [0.3, 0.4) is 0 Å². The predicted octanol–water partition coefficient (Wildman–Crippen LogP) is 3.06. The Hall–Kier alpha value is -2.87. The Balaban J connectivity index is 1.83. The van der Waals surface area contributed by atoms with Crippen molar-refractivity contribution >= 4 is 11.6 Å². The summed E-state index contributed by atoms with van der Waals surface area (Å²) in [4.78, 5) is 23.1. The van der Waals surface area contributed by atoms with Crippen LogP contribution in [0.1, 0.15) is 33.8 Å². The summed E-state index contributed by atoms with van der Waals surface area (Å²) in [6, 6.07) is 7.60.